The number of carbonyl (C=O) groups excluding carboxylic acids is 2. The summed E-state index contributed by atoms with van der Waals surface area (Å²) < 4.78 is 10.4. The van der Waals surface area contributed by atoms with Crippen molar-refractivity contribution in [2.45, 2.75) is 13.0 Å². The lowest BCUT2D eigenvalue weighted by molar-refractivity contribution is 0.102. The van der Waals surface area contributed by atoms with E-state index < -0.39 is 6.09 Å². The molecule has 2 rings (SSSR count). The van der Waals surface area contributed by atoms with Gasteiger partial charge < -0.3 is 14.8 Å². The molecule has 1 atom stereocenters. The molecule has 0 saturated carbocycles. The molecule has 90 valence electrons. The first-order valence-electron chi connectivity index (χ1n) is 5.32. The number of carbonyl (C=O) groups is 2. The summed E-state index contributed by atoms with van der Waals surface area (Å²) >= 11 is 0. The van der Waals surface area contributed by atoms with E-state index in [-0.39, 0.29) is 12.7 Å². The molecule has 5 heteroatoms. The predicted molar refractivity (Wildman–Crippen MR) is 60.3 cm³/mol. The van der Waals surface area contributed by atoms with Crippen LogP contribution in [0, 0.1) is 6.92 Å². The van der Waals surface area contributed by atoms with Gasteiger partial charge in [0.25, 0.3) is 0 Å². The molecule has 1 saturated heterocycles. The van der Waals surface area contributed by atoms with Crippen molar-refractivity contribution < 1.29 is 19.1 Å². The predicted octanol–water partition coefficient (Wildman–Crippen LogP) is 1.29. The molecule has 17 heavy (non-hydrogen) atoms. The van der Waals surface area contributed by atoms with Crippen LogP contribution in [0.2, 0.25) is 0 Å². The summed E-state index contributed by atoms with van der Waals surface area (Å²) in [5, 5.41) is 2.53. The first kappa shape index (κ1) is 11.4. The van der Waals surface area contributed by atoms with Crippen LogP contribution in [0.15, 0.2) is 18.2 Å². The zero-order chi connectivity index (χ0) is 12.3. The third-order valence-corrected chi connectivity index (χ3v) is 2.46. The minimum absolute atomic E-state index is 0.239. The van der Waals surface area contributed by atoms with Crippen LogP contribution in [-0.2, 0) is 4.74 Å². The van der Waals surface area contributed by atoms with Crippen LogP contribution in [0.5, 0.6) is 5.75 Å². The Morgan fingerprint density at radius 1 is 1.59 bits per heavy atom. The Hall–Kier alpha value is -2.04. The highest BCUT2D eigenvalue weighted by atomic mass is 16.6. The molecule has 1 aromatic rings. The molecule has 0 radical (unpaired) electrons. The molecule has 0 aromatic heterocycles. The molecule has 5 nitrogen and oxygen atoms in total. The van der Waals surface area contributed by atoms with Gasteiger partial charge in [-0.25, -0.2) is 4.79 Å². The number of cyclic esters (lactones) is 1. The highest BCUT2D eigenvalue weighted by Crippen LogP contribution is 2.18. The Bertz CT molecular complexity index is 444. The Labute approximate surface area is 98.7 Å². The van der Waals surface area contributed by atoms with Crippen molar-refractivity contribution in [2.24, 2.45) is 0 Å². The Morgan fingerprint density at radius 2 is 2.41 bits per heavy atom. The van der Waals surface area contributed by atoms with Crippen molar-refractivity contribution in [3.63, 3.8) is 0 Å². The number of hydrogen-bond donors (Lipinski definition) is 1. The van der Waals surface area contributed by atoms with Crippen LogP contribution in [0.3, 0.4) is 0 Å². The number of hydrogen-bond acceptors (Lipinski definition) is 4. The molecule has 1 fully saturated rings. The van der Waals surface area contributed by atoms with Crippen molar-refractivity contribution in [2.75, 3.05) is 13.2 Å². The number of aldehydes is 1. The molecular weight excluding hydrogens is 222 g/mol. The van der Waals surface area contributed by atoms with Crippen molar-refractivity contribution in [1.29, 1.82) is 0 Å². The minimum atomic E-state index is -0.432. The van der Waals surface area contributed by atoms with E-state index >= 15 is 0 Å². The van der Waals surface area contributed by atoms with Gasteiger partial charge in [-0.15, -0.1) is 0 Å². The number of nitrogens with one attached hydrogen (secondary N) is 1. The van der Waals surface area contributed by atoms with E-state index in [0.29, 0.717) is 17.9 Å². The first-order chi connectivity index (χ1) is 8.19. The summed E-state index contributed by atoms with van der Waals surface area (Å²) in [7, 11) is 0. The molecule has 1 unspecified atom stereocenters. The Morgan fingerprint density at radius 3 is 3.06 bits per heavy atom. The van der Waals surface area contributed by atoms with E-state index in [1.54, 1.807) is 12.1 Å². The van der Waals surface area contributed by atoms with Gasteiger partial charge in [0, 0.05) is 0 Å². The number of alkyl carbamates (subject to hydrolysis) is 1. The molecular formula is C12H13NO4. The lowest BCUT2D eigenvalue weighted by atomic mass is 10.1. The standard InChI is InChI=1S/C12H13NO4/c1-8-2-3-11(9(4-8)6-14)16-7-10-5-13-12(15)17-10/h2-4,6,10H,5,7H2,1H3,(H,13,15). The second-order valence-corrected chi connectivity index (χ2v) is 3.88. The fourth-order valence-electron chi connectivity index (χ4n) is 1.60. The van der Waals surface area contributed by atoms with E-state index in [2.05, 4.69) is 5.32 Å². The molecule has 1 amide bonds. The number of rotatable bonds is 4. The number of benzene rings is 1. The topological polar surface area (TPSA) is 64.6 Å². The van der Waals surface area contributed by atoms with Crippen LogP contribution in [0.25, 0.3) is 0 Å². The SMILES string of the molecule is Cc1ccc(OCC2CNC(=O)O2)c(C=O)c1. The Kier molecular flexibility index (Phi) is 3.27. The van der Waals surface area contributed by atoms with Crippen LogP contribution in [0.1, 0.15) is 15.9 Å². The van der Waals surface area contributed by atoms with Gasteiger partial charge in [-0.2, -0.15) is 0 Å². The van der Waals surface area contributed by atoms with Crippen LogP contribution < -0.4 is 10.1 Å². The van der Waals surface area contributed by atoms with Gasteiger partial charge in [0.2, 0.25) is 0 Å². The molecule has 0 bridgehead atoms. The average molecular weight is 235 g/mol. The Balaban J connectivity index is 1.99. The van der Waals surface area contributed by atoms with Gasteiger partial charge in [0.15, 0.2) is 12.4 Å². The minimum Gasteiger partial charge on any atom is -0.489 e. The van der Waals surface area contributed by atoms with E-state index in [9.17, 15) is 9.59 Å². The monoisotopic (exact) mass is 235 g/mol. The summed E-state index contributed by atoms with van der Waals surface area (Å²) in [5.74, 6) is 0.508. The van der Waals surface area contributed by atoms with Crippen molar-refractivity contribution in [1.82, 2.24) is 5.32 Å². The highest BCUT2D eigenvalue weighted by molar-refractivity contribution is 5.79. The number of amides is 1. The molecule has 1 aromatic carbocycles. The number of aryl methyl sites for hydroxylation is 1. The van der Waals surface area contributed by atoms with Gasteiger partial charge in [-0.05, 0) is 19.1 Å². The zero-order valence-corrected chi connectivity index (χ0v) is 9.43. The summed E-state index contributed by atoms with van der Waals surface area (Å²) in [6.45, 7) is 2.57. The van der Waals surface area contributed by atoms with Crippen LogP contribution in [0.4, 0.5) is 4.79 Å². The second kappa shape index (κ2) is 4.86. The summed E-state index contributed by atoms with van der Waals surface area (Å²) in [5.41, 5.74) is 1.50. The third kappa shape index (κ3) is 2.75. The van der Waals surface area contributed by atoms with Gasteiger partial charge in [0.05, 0.1) is 12.1 Å². The fraction of sp³-hybridized carbons (Fsp3) is 0.333. The molecule has 1 aliphatic rings. The highest BCUT2D eigenvalue weighted by Gasteiger charge is 2.23. The number of ether oxygens (including phenoxy) is 2. The first-order valence-corrected chi connectivity index (χ1v) is 5.32. The second-order valence-electron chi connectivity index (χ2n) is 3.88. The maximum Gasteiger partial charge on any atom is 0.407 e. The summed E-state index contributed by atoms with van der Waals surface area (Å²) in [6.07, 6.45) is 0.0164. The molecule has 1 heterocycles. The van der Waals surface area contributed by atoms with Gasteiger partial charge >= 0.3 is 6.09 Å². The van der Waals surface area contributed by atoms with E-state index in [4.69, 9.17) is 9.47 Å². The van der Waals surface area contributed by atoms with Crippen molar-refractivity contribution in [3.05, 3.63) is 29.3 Å². The normalized spacial score (nSPS) is 18.4. The zero-order valence-electron chi connectivity index (χ0n) is 9.43. The molecule has 1 N–H and O–H groups in total. The average Bonchev–Trinajstić information content (AvgIpc) is 2.73. The molecule has 0 aliphatic carbocycles. The lowest BCUT2D eigenvalue weighted by Crippen LogP contribution is -2.22. The molecule has 0 spiro atoms. The van der Waals surface area contributed by atoms with Gasteiger partial charge in [-0.1, -0.05) is 11.6 Å². The van der Waals surface area contributed by atoms with Gasteiger partial charge in [0.1, 0.15) is 12.4 Å². The third-order valence-electron chi connectivity index (χ3n) is 2.46. The largest absolute Gasteiger partial charge is 0.489 e. The summed E-state index contributed by atoms with van der Waals surface area (Å²) in [4.78, 5) is 21.6. The quantitative estimate of drug-likeness (QED) is 0.799. The van der Waals surface area contributed by atoms with E-state index in [1.165, 1.54) is 0 Å². The van der Waals surface area contributed by atoms with Crippen LogP contribution >= 0.6 is 0 Å². The lowest BCUT2D eigenvalue weighted by Gasteiger charge is -2.11. The maximum atomic E-state index is 10.8. The van der Waals surface area contributed by atoms with Crippen LogP contribution in [-0.4, -0.2) is 31.6 Å². The molecule has 1 aliphatic heterocycles. The summed E-state index contributed by atoms with van der Waals surface area (Å²) in [6, 6.07) is 5.35. The van der Waals surface area contributed by atoms with Gasteiger partial charge in [-0.3, -0.25) is 4.79 Å². The van der Waals surface area contributed by atoms with E-state index in [1.807, 2.05) is 13.0 Å². The van der Waals surface area contributed by atoms with Crippen molar-refractivity contribution in [3.8, 4) is 5.75 Å². The maximum absolute atomic E-state index is 10.8. The smallest absolute Gasteiger partial charge is 0.407 e. The van der Waals surface area contributed by atoms with Crippen molar-refractivity contribution >= 4 is 12.4 Å². The van der Waals surface area contributed by atoms with E-state index in [0.717, 1.165) is 11.8 Å². The fourth-order valence-corrected chi connectivity index (χ4v) is 1.60.